The van der Waals surface area contributed by atoms with E-state index in [-0.39, 0.29) is 10.8 Å². The largest absolute Gasteiger partial charge is 0.350 e. The van der Waals surface area contributed by atoms with Crippen LogP contribution in [-0.2, 0) is 19.2 Å². The second kappa shape index (κ2) is 10.6. The molecule has 0 radical (unpaired) electrons. The summed E-state index contributed by atoms with van der Waals surface area (Å²) in [6.07, 6.45) is 3.98. The number of piperidine rings is 1. The van der Waals surface area contributed by atoms with Gasteiger partial charge in [-0.2, -0.15) is 8.42 Å². The number of amides is 1. The highest BCUT2D eigenvalue weighted by atomic mass is 32.2. The van der Waals surface area contributed by atoms with Gasteiger partial charge in [-0.05, 0) is 66.0 Å². The first-order chi connectivity index (χ1) is 15.1. The highest BCUT2D eigenvalue weighted by Crippen LogP contribution is 2.33. The van der Waals surface area contributed by atoms with Crippen LogP contribution < -0.4 is 10.8 Å². The summed E-state index contributed by atoms with van der Waals surface area (Å²) < 4.78 is 30.0. The van der Waals surface area contributed by atoms with E-state index in [2.05, 4.69) is 36.1 Å². The molecule has 2 unspecified atom stereocenters. The molecule has 1 aromatic rings. The summed E-state index contributed by atoms with van der Waals surface area (Å²) in [7, 11) is -3.97. The normalized spacial score (nSPS) is 20.3. The minimum absolute atomic E-state index is 0.00632. The quantitative estimate of drug-likeness (QED) is 0.487. The van der Waals surface area contributed by atoms with Crippen molar-refractivity contribution in [3.8, 4) is 0 Å². The number of carbonyl (C=O) groups excluding carboxylic acids is 1. The lowest BCUT2D eigenvalue weighted by atomic mass is 9.78. The predicted molar refractivity (Wildman–Crippen MR) is 132 cm³/mol. The molecule has 186 valence electrons. The van der Waals surface area contributed by atoms with Crippen molar-refractivity contribution in [1.29, 1.82) is 0 Å². The average molecular weight is 480 g/mol. The first kappa shape index (κ1) is 27.3. The Hall–Kier alpha value is -1.90. The van der Waals surface area contributed by atoms with Gasteiger partial charge in [0.15, 0.2) is 0 Å². The number of nitrogens with zero attached hydrogens (tertiary/aromatic N) is 1. The Morgan fingerprint density at radius 1 is 1.12 bits per heavy atom. The van der Waals surface area contributed by atoms with Gasteiger partial charge in [0.05, 0.1) is 11.4 Å². The van der Waals surface area contributed by atoms with Gasteiger partial charge in [0.1, 0.15) is 0 Å². The van der Waals surface area contributed by atoms with Crippen molar-refractivity contribution >= 4 is 16.0 Å². The number of rotatable bonds is 10. The molecule has 1 heterocycles. The summed E-state index contributed by atoms with van der Waals surface area (Å²) in [5.74, 6) is -0.00632. The molecule has 2 rings (SSSR count). The number of allylic oxidation sites excluding steroid dienone is 1. The highest BCUT2D eigenvalue weighted by molar-refractivity contribution is 7.86. The minimum atomic E-state index is -3.97. The fourth-order valence-electron chi connectivity index (χ4n) is 4.62. The van der Waals surface area contributed by atoms with Crippen LogP contribution in [0, 0.1) is 12.3 Å². The molecule has 8 heteroatoms. The molecule has 1 amide bonds. The monoisotopic (exact) mass is 479 g/mol. The summed E-state index contributed by atoms with van der Waals surface area (Å²) >= 11 is 0. The van der Waals surface area contributed by atoms with Crippen molar-refractivity contribution in [2.45, 2.75) is 96.7 Å². The van der Waals surface area contributed by atoms with Crippen LogP contribution in [0.5, 0.6) is 0 Å². The standard InChI is InChI=1S/C25H41N3O4S/c1-18-12-14-22(15-13-18)33(30,31)32-27-21(4)24(5,6)17-25(7,8)26-23(29)16-28-19(2)10-9-11-20(28)3/h12-15,19-20,27H,4,9-11,16-17H2,1-3,5-8H3,(H,26,29). The van der Waals surface area contributed by atoms with E-state index in [1.807, 2.05) is 34.6 Å². The third-order valence-electron chi connectivity index (χ3n) is 6.47. The predicted octanol–water partition coefficient (Wildman–Crippen LogP) is 4.29. The van der Waals surface area contributed by atoms with Gasteiger partial charge in [0, 0.05) is 28.7 Å². The number of benzene rings is 1. The van der Waals surface area contributed by atoms with Gasteiger partial charge in [0.2, 0.25) is 5.91 Å². The SMILES string of the molecule is C=C(NOS(=O)(=O)c1ccc(C)cc1)C(C)(C)CC(C)(C)NC(=O)CN1C(C)CCCC1C. The first-order valence-electron chi connectivity index (χ1n) is 11.7. The summed E-state index contributed by atoms with van der Waals surface area (Å²) in [5.41, 5.74) is 2.83. The Bertz CT molecular complexity index is 929. The third-order valence-corrected chi connectivity index (χ3v) is 7.62. The fourth-order valence-corrected chi connectivity index (χ4v) is 5.40. The maximum atomic E-state index is 12.8. The van der Waals surface area contributed by atoms with E-state index in [9.17, 15) is 13.2 Å². The number of likely N-dealkylation sites (tertiary alicyclic amines) is 1. The molecule has 7 nitrogen and oxygen atoms in total. The number of nitrogens with one attached hydrogen (secondary N) is 2. The van der Waals surface area contributed by atoms with Crippen LogP contribution in [-0.4, -0.2) is 43.4 Å². The van der Waals surface area contributed by atoms with Crippen LogP contribution in [0.25, 0.3) is 0 Å². The second-order valence-corrected chi connectivity index (χ2v) is 12.3. The number of hydrogen-bond donors (Lipinski definition) is 2. The highest BCUT2D eigenvalue weighted by Gasteiger charge is 2.34. The molecule has 0 spiro atoms. The maximum absolute atomic E-state index is 12.8. The Kier molecular flexibility index (Phi) is 8.76. The Morgan fingerprint density at radius 2 is 1.67 bits per heavy atom. The molecule has 0 aromatic heterocycles. The smallest absolute Gasteiger partial charge is 0.317 e. The molecule has 1 aliphatic rings. The second-order valence-electron chi connectivity index (χ2n) is 10.7. The number of carbonyl (C=O) groups is 1. The van der Waals surface area contributed by atoms with E-state index in [1.54, 1.807) is 12.1 Å². The zero-order valence-electron chi connectivity index (χ0n) is 21.2. The zero-order chi connectivity index (χ0) is 25.0. The van der Waals surface area contributed by atoms with E-state index < -0.39 is 21.1 Å². The van der Waals surface area contributed by atoms with Crippen molar-refractivity contribution < 1.29 is 17.5 Å². The third kappa shape index (κ3) is 7.83. The summed E-state index contributed by atoms with van der Waals surface area (Å²) in [5, 5.41) is 3.15. The van der Waals surface area contributed by atoms with Gasteiger partial charge >= 0.3 is 10.1 Å². The topological polar surface area (TPSA) is 87.7 Å². The Balaban J connectivity index is 1.94. The zero-order valence-corrected chi connectivity index (χ0v) is 22.0. The van der Waals surface area contributed by atoms with Gasteiger partial charge in [-0.1, -0.05) is 44.5 Å². The lowest BCUT2D eigenvalue weighted by molar-refractivity contribution is -0.125. The molecule has 0 bridgehead atoms. The van der Waals surface area contributed by atoms with E-state index in [1.165, 1.54) is 18.6 Å². The molecule has 0 aliphatic carbocycles. The molecular weight excluding hydrogens is 438 g/mol. The lowest BCUT2D eigenvalue weighted by Crippen LogP contribution is -2.53. The number of hydroxylamine groups is 1. The van der Waals surface area contributed by atoms with Crippen LogP contribution in [0.1, 0.15) is 72.8 Å². The number of aryl methyl sites for hydroxylation is 1. The van der Waals surface area contributed by atoms with Crippen LogP contribution in [0.3, 0.4) is 0 Å². The fraction of sp³-hybridized carbons (Fsp3) is 0.640. The van der Waals surface area contributed by atoms with Crippen LogP contribution in [0.15, 0.2) is 41.4 Å². The molecule has 1 saturated heterocycles. The van der Waals surface area contributed by atoms with Gasteiger partial charge < -0.3 is 5.32 Å². The maximum Gasteiger partial charge on any atom is 0.317 e. The van der Waals surface area contributed by atoms with Crippen molar-refractivity contribution in [2.75, 3.05) is 6.54 Å². The molecule has 33 heavy (non-hydrogen) atoms. The van der Waals surface area contributed by atoms with Crippen molar-refractivity contribution in [3.05, 3.63) is 42.1 Å². The van der Waals surface area contributed by atoms with Crippen molar-refractivity contribution in [3.63, 3.8) is 0 Å². The summed E-state index contributed by atoms with van der Waals surface area (Å²) in [6.45, 7) is 18.4. The van der Waals surface area contributed by atoms with Crippen LogP contribution in [0.2, 0.25) is 0 Å². The molecule has 2 N–H and O–H groups in total. The van der Waals surface area contributed by atoms with Gasteiger partial charge in [-0.15, -0.1) is 4.28 Å². The van der Waals surface area contributed by atoms with E-state index in [0.29, 0.717) is 30.7 Å². The molecule has 0 saturated carbocycles. The molecule has 1 aromatic carbocycles. The summed E-state index contributed by atoms with van der Waals surface area (Å²) in [6, 6.07) is 7.23. The average Bonchev–Trinajstić information content (AvgIpc) is 2.68. The minimum Gasteiger partial charge on any atom is -0.350 e. The van der Waals surface area contributed by atoms with E-state index in [4.69, 9.17) is 4.28 Å². The molecule has 2 atom stereocenters. The molecular formula is C25H41N3O4S. The van der Waals surface area contributed by atoms with E-state index in [0.717, 1.165) is 18.4 Å². The number of hydrogen-bond acceptors (Lipinski definition) is 6. The summed E-state index contributed by atoms with van der Waals surface area (Å²) in [4.78, 5) is 15.2. The van der Waals surface area contributed by atoms with Crippen molar-refractivity contribution in [2.24, 2.45) is 5.41 Å². The van der Waals surface area contributed by atoms with E-state index >= 15 is 0 Å². The van der Waals surface area contributed by atoms with Crippen molar-refractivity contribution in [1.82, 2.24) is 15.7 Å². The molecule has 1 aliphatic heterocycles. The van der Waals surface area contributed by atoms with Gasteiger partial charge in [-0.3, -0.25) is 15.2 Å². The van der Waals surface area contributed by atoms with Gasteiger partial charge in [-0.25, -0.2) is 0 Å². The Morgan fingerprint density at radius 3 is 2.21 bits per heavy atom. The van der Waals surface area contributed by atoms with Crippen LogP contribution >= 0.6 is 0 Å². The first-order valence-corrected chi connectivity index (χ1v) is 13.1. The van der Waals surface area contributed by atoms with Gasteiger partial charge in [0.25, 0.3) is 0 Å². The molecule has 1 fully saturated rings. The Labute approximate surface area is 200 Å². The lowest BCUT2D eigenvalue weighted by Gasteiger charge is -2.40. The van der Waals surface area contributed by atoms with Crippen LogP contribution in [0.4, 0.5) is 0 Å².